The molecule has 0 aliphatic rings. The van der Waals surface area contributed by atoms with Crippen molar-refractivity contribution in [3.05, 3.63) is 23.8 Å². The van der Waals surface area contributed by atoms with Gasteiger partial charge in [0.1, 0.15) is 0 Å². The first-order valence-corrected chi connectivity index (χ1v) is 7.38. The molecule has 4 heteroatoms. The van der Waals surface area contributed by atoms with E-state index in [0.717, 1.165) is 18.4 Å². The molecule has 0 spiro atoms. The second-order valence-electron chi connectivity index (χ2n) is 5.95. The molecule has 21 heavy (non-hydrogen) atoms. The van der Waals surface area contributed by atoms with Crippen LogP contribution in [0.4, 0.5) is 0 Å². The Kier molecular flexibility index (Phi) is 6.51. The first-order valence-electron chi connectivity index (χ1n) is 7.38. The Morgan fingerprint density at radius 1 is 1.33 bits per heavy atom. The van der Waals surface area contributed by atoms with Crippen LogP contribution in [-0.4, -0.2) is 19.8 Å². The molecule has 1 atom stereocenters. The average Bonchev–Trinajstić information content (AvgIpc) is 2.47. The SMILES string of the molecule is CCC(N)Cc1ccc(OC)c(OCCC(C)(C)C#N)c1. The van der Waals surface area contributed by atoms with Crippen LogP contribution in [0, 0.1) is 16.7 Å². The Morgan fingerprint density at radius 3 is 2.62 bits per heavy atom. The van der Waals surface area contributed by atoms with E-state index < -0.39 is 0 Å². The van der Waals surface area contributed by atoms with Crippen molar-refractivity contribution in [2.45, 2.75) is 46.1 Å². The number of methoxy groups -OCH3 is 1. The standard InChI is InChI=1S/C17H26N2O2/c1-5-14(19)10-13-6-7-15(20-4)16(11-13)21-9-8-17(2,3)12-18/h6-7,11,14H,5,8-10,19H2,1-4H3. The summed E-state index contributed by atoms with van der Waals surface area (Å²) >= 11 is 0. The fraction of sp³-hybridized carbons (Fsp3) is 0.588. The summed E-state index contributed by atoms with van der Waals surface area (Å²) in [6, 6.07) is 8.33. The highest BCUT2D eigenvalue weighted by atomic mass is 16.5. The van der Waals surface area contributed by atoms with Crippen molar-refractivity contribution in [3.63, 3.8) is 0 Å². The molecule has 1 unspecified atom stereocenters. The van der Waals surface area contributed by atoms with Crippen molar-refractivity contribution in [3.8, 4) is 17.6 Å². The lowest BCUT2D eigenvalue weighted by atomic mass is 9.92. The number of hydrogen-bond acceptors (Lipinski definition) is 4. The molecule has 4 nitrogen and oxygen atoms in total. The molecule has 0 aliphatic heterocycles. The van der Waals surface area contributed by atoms with Gasteiger partial charge < -0.3 is 15.2 Å². The number of hydrogen-bond donors (Lipinski definition) is 1. The topological polar surface area (TPSA) is 68.3 Å². The van der Waals surface area contributed by atoms with Crippen molar-refractivity contribution < 1.29 is 9.47 Å². The molecule has 1 rings (SSSR count). The van der Waals surface area contributed by atoms with Crippen LogP contribution >= 0.6 is 0 Å². The highest BCUT2D eigenvalue weighted by Gasteiger charge is 2.17. The van der Waals surface area contributed by atoms with Crippen LogP contribution in [-0.2, 0) is 6.42 Å². The fourth-order valence-electron chi connectivity index (χ4n) is 1.88. The molecule has 0 aliphatic carbocycles. The number of rotatable bonds is 8. The number of nitrogens with zero attached hydrogens (tertiary/aromatic N) is 1. The number of benzene rings is 1. The highest BCUT2D eigenvalue weighted by molar-refractivity contribution is 5.43. The van der Waals surface area contributed by atoms with E-state index in [4.69, 9.17) is 20.5 Å². The Labute approximate surface area is 127 Å². The third kappa shape index (κ3) is 5.65. The lowest BCUT2D eigenvalue weighted by molar-refractivity contribution is 0.252. The van der Waals surface area contributed by atoms with E-state index in [2.05, 4.69) is 13.0 Å². The van der Waals surface area contributed by atoms with Crippen LogP contribution in [0.2, 0.25) is 0 Å². The minimum Gasteiger partial charge on any atom is -0.493 e. The smallest absolute Gasteiger partial charge is 0.161 e. The Balaban J connectivity index is 2.74. The molecule has 2 N–H and O–H groups in total. The summed E-state index contributed by atoms with van der Waals surface area (Å²) < 4.78 is 11.1. The second kappa shape index (κ2) is 7.90. The molecule has 1 aromatic carbocycles. The molecular formula is C17H26N2O2. The minimum atomic E-state index is -0.380. The molecular weight excluding hydrogens is 264 g/mol. The number of nitrogens with two attached hydrogens (primary N) is 1. The average molecular weight is 290 g/mol. The minimum absolute atomic E-state index is 0.156. The monoisotopic (exact) mass is 290 g/mol. The summed E-state index contributed by atoms with van der Waals surface area (Å²) in [4.78, 5) is 0. The van der Waals surface area contributed by atoms with Crippen LogP contribution in [0.5, 0.6) is 11.5 Å². The van der Waals surface area contributed by atoms with Crippen LogP contribution in [0.3, 0.4) is 0 Å². The van der Waals surface area contributed by atoms with E-state index in [1.54, 1.807) is 7.11 Å². The van der Waals surface area contributed by atoms with E-state index in [9.17, 15) is 0 Å². The number of nitriles is 1. The Morgan fingerprint density at radius 2 is 2.05 bits per heavy atom. The van der Waals surface area contributed by atoms with Crippen molar-refractivity contribution in [1.82, 2.24) is 0 Å². The normalized spacial score (nSPS) is 12.6. The largest absolute Gasteiger partial charge is 0.493 e. The van der Waals surface area contributed by atoms with E-state index in [-0.39, 0.29) is 11.5 Å². The third-order valence-corrected chi connectivity index (χ3v) is 3.54. The summed E-state index contributed by atoms with van der Waals surface area (Å²) in [6.45, 7) is 6.38. The summed E-state index contributed by atoms with van der Waals surface area (Å²) in [5.74, 6) is 1.42. The lowest BCUT2D eigenvalue weighted by Gasteiger charge is -2.17. The van der Waals surface area contributed by atoms with Gasteiger partial charge >= 0.3 is 0 Å². The van der Waals surface area contributed by atoms with E-state index in [0.29, 0.717) is 24.5 Å². The summed E-state index contributed by atoms with van der Waals surface area (Å²) in [6.07, 6.45) is 2.43. The first-order chi connectivity index (χ1) is 9.91. The summed E-state index contributed by atoms with van der Waals surface area (Å²) in [7, 11) is 1.62. The summed E-state index contributed by atoms with van der Waals surface area (Å²) in [5, 5.41) is 9.02. The van der Waals surface area contributed by atoms with Crippen LogP contribution in [0.15, 0.2) is 18.2 Å². The van der Waals surface area contributed by atoms with Gasteiger partial charge in [-0.2, -0.15) is 5.26 Å². The zero-order chi connectivity index (χ0) is 15.9. The quantitative estimate of drug-likeness (QED) is 0.797. The third-order valence-electron chi connectivity index (χ3n) is 3.54. The van der Waals surface area contributed by atoms with Crippen LogP contribution < -0.4 is 15.2 Å². The van der Waals surface area contributed by atoms with Crippen LogP contribution in [0.1, 0.15) is 39.2 Å². The van der Waals surface area contributed by atoms with E-state index >= 15 is 0 Å². The van der Waals surface area contributed by atoms with Gasteiger partial charge in [-0.3, -0.25) is 0 Å². The van der Waals surface area contributed by atoms with E-state index in [1.165, 1.54) is 0 Å². The molecule has 0 aromatic heterocycles. The van der Waals surface area contributed by atoms with Gasteiger partial charge in [0, 0.05) is 6.04 Å². The molecule has 1 aromatic rings. The predicted octanol–water partition coefficient (Wildman–Crippen LogP) is 3.29. The van der Waals surface area contributed by atoms with Gasteiger partial charge in [-0.1, -0.05) is 13.0 Å². The summed E-state index contributed by atoms with van der Waals surface area (Å²) in [5.41, 5.74) is 6.75. The predicted molar refractivity (Wildman–Crippen MR) is 84.5 cm³/mol. The zero-order valence-corrected chi connectivity index (χ0v) is 13.5. The zero-order valence-electron chi connectivity index (χ0n) is 13.5. The van der Waals surface area contributed by atoms with Crippen LogP contribution in [0.25, 0.3) is 0 Å². The second-order valence-corrected chi connectivity index (χ2v) is 5.95. The lowest BCUT2D eigenvalue weighted by Crippen LogP contribution is -2.21. The van der Waals surface area contributed by atoms with Crippen molar-refractivity contribution in [1.29, 1.82) is 5.26 Å². The van der Waals surface area contributed by atoms with Gasteiger partial charge in [-0.25, -0.2) is 0 Å². The molecule has 0 amide bonds. The Hall–Kier alpha value is -1.73. The van der Waals surface area contributed by atoms with Gasteiger partial charge in [0.25, 0.3) is 0 Å². The van der Waals surface area contributed by atoms with E-state index in [1.807, 2.05) is 32.0 Å². The molecule has 0 heterocycles. The van der Waals surface area contributed by atoms with Crippen molar-refractivity contribution in [2.75, 3.05) is 13.7 Å². The van der Waals surface area contributed by atoms with Gasteiger partial charge in [-0.15, -0.1) is 0 Å². The van der Waals surface area contributed by atoms with Gasteiger partial charge in [0.05, 0.1) is 25.2 Å². The highest BCUT2D eigenvalue weighted by Crippen LogP contribution is 2.29. The maximum atomic E-state index is 9.02. The molecule has 0 radical (unpaired) electrons. The fourth-order valence-corrected chi connectivity index (χ4v) is 1.88. The molecule has 0 saturated heterocycles. The molecule has 116 valence electrons. The molecule has 0 saturated carbocycles. The maximum Gasteiger partial charge on any atom is 0.161 e. The number of ether oxygens (including phenoxy) is 2. The van der Waals surface area contributed by atoms with Crippen molar-refractivity contribution >= 4 is 0 Å². The van der Waals surface area contributed by atoms with Gasteiger partial charge in [0.15, 0.2) is 11.5 Å². The van der Waals surface area contributed by atoms with Gasteiger partial charge in [-0.05, 0) is 50.8 Å². The Bertz CT molecular complexity index is 492. The maximum absolute atomic E-state index is 9.02. The van der Waals surface area contributed by atoms with Crippen molar-refractivity contribution in [2.24, 2.45) is 11.1 Å². The van der Waals surface area contributed by atoms with Gasteiger partial charge in [0.2, 0.25) is 0 Å². The molecule has 0 fully saturated rings. The first kappa shape index (κ1) is 17.3. The molecule has 0 bridgehead atoms.